The summed E-state index contributed by atoms with van der Waals surface area (Å²) in [6.07, 6.45) is 6.80. The largest absolute Gasteiger partial charge is 0.476 e. The fourth-order valence-corrected chi connectivity index (χ4v) is 2.46. The minimum atomic E-state index is -0.156. The Morgan fingerprint density at radius 2 is 2.10 bits per heavy atom. The Labute approximate surface area is 124 Å². The number of hydrogen-bond donors (Lipinski definition) is 1. The zero-order chi connectivity index (χ0) is 14.9. The van der Waals surface area contributed by atoms with Gasteiger partial charge in [0.15, 0.2) is 0 Å². The van der Waals surface area contributed by atoms with Gasteiger partial charge in [0.25, 0.3) is 0 Å². The molecule has 0 atom stereocenters. The first-order valence-corrected chi connectivity index (χ1v) is 7.24. The average Bonchev–Trinajstić information content (AvgIpc) is 2.44. The number of aromatic nitrogens is 3. The molecular weight excluding hydrogens is 264 g/mol. The quantitative estimate of drug-likeness (QED) is 0.933. The van der Waals surface area contributed by atoms with Gasteiger partial charge in [-0.2, -0.15) is 0 Å². The summed E-state index contributed by atoms with van der Waals surface area (Å²) in [7, 11) is 0. The minimum Gasteiger partial charge on any atom is -0.476 e. The number of ether oxygens (including phenoxy) is 1. The van der Waals surface area contributed by atoms with Gasteiger partial charge in [0.05, 0.1) is 11.2 Å². The van der Waals surface area contributed by atoms with Crippen LogP contribution in [0, 0.1) is 13.8 Å². The average molecular weight is 284 g/mol. The molecule has 5 nitrogen and oxygen atoms in total. The van der Waals surface area contributed by atoms with Crippen molar-refractivity contribution in [3.05, 3.63) is 35.9 Å². The molecule has 0 radical (unpaired) electrons. The highest BCUT2D eigenvalue weighted by Gasteiger charge is 2.33. The van der Waals surface area contributed by atoms with Crippen molar-refractivity contribution in [2.45, 2.75) is 38.6 Å². The van der Waals surface area contributed by atoms with Crippen molar-refractivity contribution in [2.24, 2.45) is 5.73 Å². The number of nitrogens with two attached hydrogens (primary N) is 1. The van der Waals surface area contributed by atoms with E-state index < -0.39 is 0 Å². The number of nitrogens with zero attached hydrogens (tertiary/aromatic N) is 3. The van der Waals surface area contributed by atoms with Crippen LogP contribution in [0.3, 0.4) is 0 Å². The predicted molar refractivity (Wildman–Crippen MR) is 81.0 cm³/mol. The Hall–Kier alpha value is -2.01. The maximum absolute atomic E-state index is 6.17. The van der Waals surface area contributed by atoms with Gasteiger partial charge in [-0.15, -0.1) is 0 Å². The van der Waals surface area contributed by atoms with E-state index in [-0.39, 0.29) is 5.54 Å². The van der Waals surface area contributed by atoms with Gasteiger partial charge < -0.3 is 10.5 Å². The van der Waals surface area contributed by atoms with Crippen molar-refractivity contribution < 1.29 is 4.74 Å². The molecule has 1 aliphatic carbocycles. The molecule has 0 spiro atoms. The fraction of sp³-hybridized carbons (Fsp3) is 0.438. The SMILES string of the molecule is Cc1nccc(-c2cnc(OCC3(N)CCC3)c(C)c2)n1. The van der Waals surface area contributed by atoms with Gasteiger partial charge in [0, 0.05) is 23.5 Å². The minimum absolute atomic E-state index is 0.156. The summed E-state index contributed by atoms with van der Waals surface area (Å²) in [6.45, 7) is 4.40. The topological polar surface area (TPSA) is 73.9 Å². The summed E-state index contributed by atoms with van der Waals surface area (Å²) < 4.78 is 5.79. The van der Waals surface area contributed by atoms with Crippen LogP contribution in [0.1, 0.15) is 30.7 Å². The van der Waals surface area contributed by atoms with Gasteiger partial charge >= 0.3 is 0 Å². The Kier molecular flexibility index (Phi) is 3.59. The van der Waals surface area contributed by atoms with Gasteiger partial charge in [-0.1, -0.05) is 0 Å². The molecule has 0 amide bonds. The molecule has 0 aliphatic heterocycles. The van der Waals surface area contributed by atoms with Gasteiger partial charge in [-0.3, -0.25) is 0 Å². The first-order valence-electron chi connectivity index (χ1n) is 7.24. The molecule has 21 heavy (non-hydrogen) atoms. The second kappa shape index (κ2) is 5.41. The second-order valence-corrected chi connectivity index (χ2v) is 5.84. The first kappa shape index (κ1) is 13.9. The highest BCUT2D eigenvalue weighted by molar-refractivity contribution is 5.59. The smallest absolute Gasteiger partial charge is 0.216 e. The Balaban J connectivity index is 1.76. The standard InChI is InChI=1S/C16H20N4O/c1-11-8-13(14-4-7-18-12(2)20-14)9-19-15(11)21-10-16(17)5-3-6-16/h4,7-9H,3,5-6,10,17H2,1-2H3. The molecule has 5 heteroatoms. The molecule has 1 saturated carbocycles. The Bertz CT molecular complexity index is 652. The van der Waals surface area contributed by atoms with E-state index in [0.717, 1.165) is 35.5 Å². The summed E-state index contributed by atoms with van der Waals surface area (Å²) in [5.74, 6) is 1.40. The highest BCUT2D eigenvalue weighted by Crippen LogP contribution is 2.30. The van der Waals surface area contributed by atoms with E-state index in [1.54, 1.807) is 12.4 Å². The lowest BCUT2D eigenvalue weighted by Gasteiger charge is -2.37. The number of pyridine rings is 1. The van der Waals surface area contributed by atoms with Crippen molar-refractivity contribution in [1.82, 2.24) is 15.0 Å². The van der Waals surface area contributed by atoms with Crippen molar-refractivity contribution in [3.63, 3.8) is 0 Å². The summed E-state index contributed by atoms with van der Waals surface area (Å²) >= 11 is 0. The van der Waals surface area contributed by atoms with Crippen LogP contribution in [0.15, 0.2) is 24.5 Å². The van der Waals surface area contributed by atoms with Crippen molar-refractivity contribution in [3.8, 4) is 17.1 Å². The third-order valence-corrected chi connectivity index (χ3v) is 3.95. The third kappa shape index (κ3) is 3.03. The monoisotopic (exact) mass is 284 g/mol. The predicted octanol–water partition coefficient (Wildman–Crippen LogP) is 2.42. The van der Waals surface area contributed by atoms with Crippen LogP contribution >= 0.6 is 0 Å². The van der Waals surface area contributed by atoms with Crippen LogP contribution in [0.4, 0.5) is 0 Å². The molecular formula is C16H20N4O. The number of aryl methyl sites for hydroxylation is 2. The second-order valence-electron chi connectivity index (χ2n) is 5.84. The maximum atomic E-state index is 6.17. The molecule has 2 N–H and O–H groups in total. The first-order chi connectivity index (χ1) is 10.1. The normalized spacial score (nSPS) is 16.3. The zero-order valence-electron chi connectivity index (χ0n) is 12.5. The van der Waals surface area contributed by atoms with Crippen LogP contribution < -0.4 is 10.5 Å². The maximum Gasteiger partial charge on any atom is 0.216 e. The molecule has 0 bridgehead atoms. The van der Waals surface area contributed by atoms with E-state index in [4.69, 9.17) is 10.5 Å². The van der Waals surface area contributed by atoms with Crippen molar-refractivity contribution >= 4 is 0 Å². The van der Waals surface area contributed by atoms with E-state index in [9.17, 15) is 0 Å². The Morgan fingerprint density at radius 1 is 1.29 bits per heavy atom. The van der Waals surface area contributed by atoms with Gasteiger partial charge in [-0.25, -0.2) is 15.0 Å². The molecule has 3 rings (SSSR count). The zero-order valence-corrected chi connectivity index (χ0v) is 12.5. The van der Waals surface area contributed by atoms with E-state index in [2.05, 4.69) is 15.0 Å². The molecule has 1 fully saturated rings. The van der Waals surface area contributed by atoms with Crippen LogP contribution in [0.25, 0.3) is 11.3 Å². The van der Waals surface area contributed by atoms with Gasteiger partial charge in [-0.05, 0) is 45.2 Å². The lowest BCUT2D eigenvalue weighted by molar-refractivity contribution is 0.137. The lowest BCUT2D eigenvalue weighted by atomic mass is 9.78. The summed E-state index contributed by atoms with van der Waals surface area (Å²) in [5, 5.41) is 0. The van der Waals surface area contributed by atoms with E-state index in [1.165, 1.54) is 6.42 Å². The molecule has 0 aromatic carbocycles. The molecule has 110 valence electrons. The van der Waals surface area contributed by atoms with Crippen LogP contribution in [0.2, 0.25) is 0 Å². The molecule has 2 aromatic heterocycles. The number of hydrogen-bond acceptors (Lipinski definition) is 5. The van der Waals surface area contributed by atoms with Gasteiger partial charge in [0.2, 0.25) is 5.88 Å². The number of rotatable bonds is 4. The third-order valence-electron chi connectivity index (χ3n) is 3.95. The molecule has 1 aliphatic rings. The molecule has 0 unspecified atom stereocenters. The highest BCUT2D eigenvalue weighted by atomic mass is 16.5. The summed E-state index contributed by atoms with van der Waals surface area (Å²) in [5.41, 5.74) is 8.85. The van der Waals surface area contributed by atoms with Crippen molar-refractivity contribution in [1.29, 1.82) is 0 Å². The van der Waals surface area contributed by atoms with E-state index in [1.807, 2.05) is 26.0 Å². The fourth-order valence-electron chi connectivity index (χ4n) is 2.46. The molecule has 2 heterocycles. The summed E-state index contributed by atoms with van der Waals surface area (Å²) in [6, 6.07) is 3.92. The van der Waals surface area contributed by atoms with E-state index >= 15 is 0 Å². The molecule has 2 aromatic rings. The van der Waals surface area contributed by atoms with E-state index in [0.29, 0.717) is 12.5 Å². The van der Waals surface area contributed by atoms with Crippen LogP contribution in [-0.2, 0) is 0 Å². The Morgan fingerprint density at radius 3 is 2.71 bits per heavy atom. The van der Waals surface area contributed by atoms with Crippen LogP contribution in [0.5, 0.6) is 5.88 Å². The van der Waals surface area contributed by atoms with Gasteiger partial charge in [0.1, 0.15) is 12.4 Å². The molecule has 0 saturated heterocycles. The van der Waals surface area contributed by atoms with Crippen LogP contribution in [-0.4, -0.2) is 27.1 Å². The van der Waals surface area contributed by atoms with Crippen molar-refractivity contribution in [2.75, 3.05) is 6.61 Å². The lowest BCUT2D eigenvalue weighted by Crippen LogP contribution is -2.51. The summed E-state index contributed by atoms with van der Waals surface area (Å²) in [4.78, 5) is 12.9.